The number of likely N-dealkylation sites (tertiary alicyclic amines) is 1. The van der Waals surface area contributed by atoms with Crippen LogP contribution in [0, 0.1) is 19.8 Å². The Morgan fingerprint density at radius 1 is 0.868 bits per heavy atom. The molecule has 1 atom stereocenters. The second kappa shape index (κ2) is 16.6. The van der Waals surface area contributed by atoms with Gasteiger partial charge in [0.25, 0.3) is 5.91 Å². The lowest BCUT2D eigenvalue weighted by Crippen LogP contribution is -2.54. The van der Waals surface area contributed by atoms with Crippen molar-refractivity contribution in [3.63, 3.8) is 0 Å². The number of hydrogen-bond donors (Lipinski definition) is 2. The van der Waals surface area contributed by atoms with E-state index in [-0.39, 0.29) is 42.0 Å². The molecule has 0 spiro atoms. The fourth-order valence-corrected chi connectivity index (χ4v) is 7.37. The van der Waals surface area contributed by atoms with E-state index < -0.39 is 12.2 Å². The molecule has 0 bridgehead atoms. The summed E-state index contributed by atoms with van der Waals surface area (Å²) in [7, 11) is 0. The minimum Gasteiger partial charge on any atom is -0.507 e. The zero-order valence-corrected chi connectivity index (χ0v) is 31.2. The number of para-hydroxylation sites is 1. The van der Waals surface area contributed by atoms with Crippen molar-refractivity contribution in [2.24, 2.45) is 5.92 Å². The Hall–Kier alpha value is -5.26. The van der Waals surface area contributed by atoms with Crippen LogP contribution in [0.1, 0.15) is 59.3 Å². The van der Waals surface area contributed by atoms with Crippen LogP contribution in [0.4, 0.5) is 21.0 Å². The number of carbonyl (C=O) groups is 4. The second-order valence-electron chi connectivity index (χ2n) is 14.8. The second-order valence-corrected chi connectivity index (χ2v) is 14.8. The van der Waals surface area contributed by atoms with Crippen molar-refractivity contribution in [2.45, 2.75) is 65.5 Å². The molecule has 0 radical (unpaired) electrons. The zero-order valence-electron chi connectivity index (χ0n) is 31.2. The molecule has 3 aliphatic rings. The number of benzene rings is 3. The molecule has 0 aromatic heterocycles. The third-order valence-electron chi connectivity index (χ3n) is 10.4. The monoisotopic (exact) mass is 725 g/mol. The molecule has 0 unspecified atom stereocenters. The normalized spacial score (nSPS) is 17.2. The third kappa shape index (κ3) is 9.04. The van der Waals surface area contributed by atoms with E-state index in [0.29, 0.717) is 82.0 Å². The molecular formula is C41H51N5O7. The zero-order chi connectivity index (χ0) is 37.6. The molecule has 53 heavy (non-hydrogen) atoms. The number of amides is 4. The molecule has 3 aromatic carbocycles. The van der Waals surface area contributed by atoms with Gasteiger partial charge in [0.05, 0.1) is 12.2 Å². The highest BCUT2D eigenvalue weighted by molar-refractivity contribution is 5.91. The van der Waals surface area contributed by atoms with E-state index in [2.05, 4.69) is 10.2 Å². The number of ether oxygens (including phenoxy) is 2. The van der Waals surface area contributed by atoms with E-state index in [1.165, 1.54) is 0 Å². The van der Waals surface area contributed by atoms with Crippen LogP contribution in [0.15, 0.2) is 60.7 Å². The quantitative estimate of drug-likeness (QED) is 0.266. The number of phenolic OH excluding ortho intramolecular Hbond substituents is 1. The number of piperidine rings is 1. The number of piperazine rings is 1. The number of esters is 1. The van der Waals surface area contributed by atoms with Gasteiger partial charge in [0.2, 0.25) is 0 Å². The number of carbonyl (C=O) groups excluding carboxylic acids is 4. The number of rotatable bonds is 9. The van der Waals surface area contributed by atoms with E-state index >= 15 is 0 Å². The van der Waals surface area contributed by atoms with Crippen LogP contribution in [-0.2, 0) is 27.1 Å². The number of aromatic hydroxyl groups is 1. The number of anilines is 2. The average Bonchev–Trinajstić information content (AvgIpc) is 3.33. The molecule has 3 heterocycles. The predicted octanol–water partition coefficient (Wildman–Crippen LogP) is 5.77. The van der Waals surface area contributed by atoms with Crippen molar-refractivity contribution in [3.05, 3.63) is 88.5 Å². The van der Waals surface area contributed by atoms with Crippen LogP contribution < -0.4 is 10.2 Å². The number of aryl methyl sites for hydroxylation is 2. The van der Waals surface area contributed by atoms with Crippen molar-refractivity contribution < 1.29 is 33.8 Å². The molecule has 2 N–H and O–H groups in total. The number of hydrogen-bond acceptors (Lipinski definition) is 8. The van der Waals surface area contributed by atoms with Gasteiger partial charge in [0.1, 0.15) is 5.75 Å². The first-order valence-electron chi connectivity index (χ1n) is 18.7. The van der Waals surface area contributed by atoms with Gasteiger partial charge in [-0.1, -0.05) is 44.2 Å². The van der Waals surface area contributed by atoms with Crippen molar-refractivity contribution in [1.82, 2.24) is 14.7 Å². The lowest BCUT2D eigenvalue weighted by Gasteiger charge is -2.39. The van der Waals surface area contributed by atoms with Gasteiger partial charge in [0, 0.05) is 69.7 Å². The van der Waals surface area contributed by atoms with Gasteiger partial charge in [-0.3, -0.25) is 4.79 Å². The minimum atomic E-state index is -1.05. The summed E-state index contributed by atoms with van der Waals surface area (Å²) in [6.07, 6.45) is 0.540. The van der Waals surface area contributed by atoms with Gasteiger partial charge in [-0.2, -0.15) is 0 Å². The molecule has 2 saturated heterocycles. The van der Waals surface area contributed by atoms with Crippen LogP contribution in [0.5, 0.6) is 5.75 Å². The summed E-state index contributed by atoms with van der Waals surface area (Å²) in [5.74, 6) is -0.150. The van der Waals surface area contributed by atoms with Gasteiger partial charge >= 0.3 is 18.1 Å². The molecule has 12 heteroatoms. The highest BCUT2D eigenvalue weighted by atomic mass is 16.6. The summed E-state index contributed by atoms with van der Waals surface area (Å²) >= 11 is 0. The first kappa shape index (κ1) is 37.5. The molecule has 0 saturated carbocycles. The Balaban J connectivity index is 1.08. The highest BCUT2D eigenvalue weighted by Crippen LogP contribution is 2.27. The van der Waals surface area contributed by atoms with E-state index in [9.17, 15) is 24.3 Å². The van der Waals surface area contributed by atoms with Crippen LogP contribution in [0.2, 0.25) is 0 Å². The Bertz CT molecular complexity index is 1770. The van der Waals surface area contributed by atoms with Crippen LogP contribution >= 0.6 is 0 Å². The molecule has 6 rings (SSSR count). The Labute approximate surface area is 311 Å². The molecular weight excluding hydrogens is 674 g/mol. The Morgan fingerprint density at radius 3 is 2.19 bits per heavy atom. The number of nitrogens with zero attached hydrogens (tertiary/aromatic N) is 4. The summed E-state index contributed by atoms with van der Waals surface area (Å²) in [5.41, 5.74) is 5.56. The van der Waals surface area contributed by atoms with Crippen molar-refractivity contribution in [1.29, 1.82) is 0 Å². The molecule has 282 valence electrons. The molecule has 3 aromatic rings. The lowest BCUT2D eigenvalue weighted by atomic mass is 10.0. The smallest absolute Gasteiger partial charge is 0.410 e. The van der Waals surface area contributed by atoms with Gasteiger partial charge in [-0.05, 0) is 91.6 Å². The van der Waals surface area contributed by atoms with E-state index in [4.69, 9.17) is 9.47 Å². The van der Waals surface area contributed by atoms with Crippen molar-refractivity contribution in [3.8, 4) is 5.75 Å². The topological polar surface area (TPSA) is 132 Å². The van der Waals surface area contributed by atoms with E-state index in [1.807, 2.05) is 81.1 Å². The summed E-state index contributed by atoms with van der Waals surface area (Å²) in [5, 5.41) is 13.4. The Kier molecular flexibility index (Phi) is 11.7. The minimum absolute atomic E-state index is 0.0140. The molecule has 3 aliphatic heterocycles. The summed E-state index contributed by atoms with van der Waals surface area (Å²) < 4.78 is 11.4. The first-order chi connectivity index (χ1) is 25.5. The van der Waals surface area contributed by atoms with Gasteiger partial charge in [-0.25, -0.2) is 14.4 Å². The fraction of sp³-hybridized carbons (Fsp3) is 0.463. The molecule has 2 fully saturated rings. The maximum Gasteiger partial charge on any atom is 0.410 e. The largest absolute Gasteiger partial charge is 0.507 e. The summed E-state index contributed by atoms with van der Waals surface area (Å²) in [6.45, 7) is 11.4. The lowest BCUT2D eigenvalue weighted by molar-refractivity contribution is -0.141. The highest BCUT2D eigenvalue weighted by Gasteiger charge is 2.35. The average molecular weight is 726 g/mol. The van der Waals surface area contributed by atoms with Crippen LogP contribution in [0.25, 0.3) is 0 Å². The molecule has 4 amide bonds. The van der Waals surface area contributed by atoms with Gasteiger partial charge in [-0.15, -0.1) is 0 Å². The van der Waals surface area contributed by atoms with Crippen LogP contribution in [-0.4, -0.2) is 108 Å². The first-order valence-corrected chi connectivity index (χ1v) is 18.7. The fourth-order valence-electron chi connectivity index (χ4n) is 7.37. The van der Waals surface area contributed by atoms with E-state index in [0.717, 1.165) is 28.9 Å². The van der Waals surface area contributed by atoms with Gasteiger partial charge in [0.15, 0.2) is 6.10 Å². The maximum absolute atomic E-state index is 14.1. The van der Waals surface area contributed by atoms with Crippen molar-refractivity contribution >= 4 is 35.4 Å². The molecule has 0 aliphatic carbocycles. The summed E-state index contributed by atoms with van der Waals surface area (Å²) in [6, 6.07) is 18.7. The van der Waals surface area contributed by atoms with E-state index in [1.54, 1.807) is 21.9 Å². The van der Waals surface area contributed by atoms with Crippen molar-refractivity contribution in [2.75, 3.05) is 62.6 Å². The number of urea groups is 1. The number of fused-ring (bicyclic) bond motifs is 1. The molecule has 12 nitrogen and oxygen atoms in total. The third-order valence-corrected chi connectivity index (χ3v) is 10.4. The predicted molar refractivity (Wildman–Crippen MR) is 202 cm³/mol. The standard InChI is InChI=1S/C41H51N5O7/c1-27(2)26-52-39(49)32-9-11-33(12-10-32)43-19-21-44(22-20-43)38(48)36(25-30-23-28(3)37(47)29(4)24-30)53-41(51)45-16-14-34(15-17-45)46-18-13-31-7-5-6-8-35(31)42-40(46)50/h5-12,23-24,27,34,36,47H,13-22,25-26H2,1-4H3,(H,42,50)/t36-/m1/s1. The Morgan fingerprint density at radius 2 is 1.53 bits per heavy atom. The SMILES string of the molecule is Cc1cc(C[C@@H](OC(=O)N2CCC(N3CCc4ccccc4NC3=O)CC2)C(=O)N2CCN(c3ccc(C(=O)OCC(C)C)cc3)CC2)cc(C)c1O. The van der Waals surface area contributed by atoms with Gasteiger partial charge < -0.3 is 39.5 Å². The maximum atomic E-state index is 14.1. The van der Waals surface area contributed by atoms with Crippen LogP contribution in [0.3, 0.4) is 0 Å². The number of phenols is 1. The summed E-state index contributed by atoms with van der Waals surface area (Å²) in [4.78, 5) is 60.7. The number of nitrogens with one attached hydrogen (secondary N) is 1.